The molecule has 0 aliphatic carbocycles. The highest BCUT2D eigenvalue weighted by Gasteiger charge is 2.21. The molecule has 3 heterocycles. The number of ether oxygens (including phenoxy) is 2. The fraction of sp³-hybridized carbons (Fsp3) is 0.389. The number of esters is 1. The lowest BCUT2D eigenvalue weighted by molar-refractivity contribution is -0.124. The molecule has 26 heavy (non-hydrogen) atoms. The van der Waals surface area contributed by atoms with E-state index in [0.717, 1.165) is 4.88 Å². The molecular weight excluding hydrogens is 354 g/mol. The molecule has 1 amide bonds. The summed E-state index contributed by atoms with van der Waals surface area (Å²) in [4.78, 5) is 31.8. The third-order valence-electron chi connectivity index (χ3n) is 4.00. The Hall–Kier alpha value is -2.45. The molecular formula is C18H21N3O4S. The van der Waals surface area contributed by atoms with Crippen molar-refractivity contribution in [3.05, 3.63) is 46.3 Å². The molecule has 0 saturated carbocycles. The van der Waals surface area contributed by atoms with Gasteiger partial charge in [0, 0.05) is 24.2 Å². The number of hydrogen-bond acceptors (Lipinski definition) is 7. The lowest BCUT2D eigenvalue weighted by Gasteiger charge is -2.28. The van der Waals surface area contributed by atoms with Crippen molar-refractivity contribution in [3.63, 3.8) is 0 Å². The zero-order valence-corrected chi connectivity index (χ0v) is 15.3. The molecule has 2 aromatic rings. The molecule has 1 unspecified atom stereocenters. The Kier molecular flexibility index (Phi) is 6.19. The van der Waals surface area contributed by atoms with Crippen LogP contribution in [0.2, 0.25) is 0 Å². The predicted molar refractivity (Wildman–Crippen MR) is 98.4 cm³/mol. The number of pyridine rings is 1. The predicted octanol–water partition coefficient (Wildman–Crippen LogP) is 2.01. The van der Waals surface area contributed by atoms with Gasteiger partial charge in [0.1, 0.15) is 11.4 Å². The number of anilines is 1. The highest BCUT2D eigenvalue weighted by atomic mass is 32.1. The van der Waals surface area contributed by atoms with Gasteiger partial charge in [-0.05, 0) is 30.5 Å². The van der Waals surface area contributed by atoms with Gasteiger partial charge in [-0.15, -0.1) is 11.3 Å². The van der Waals surface area contributed by atoms with Gasteiger partial charge >= 0.3 is 5.97 Å². The largest absolute Gasteiger partial charge is 0.452 e. The van der Waals surface area contributed by atoms with E-state index in [1.54, 1.807) is 29.7 Å². The van der Waals surface area contributed by atoms with Crippen LogP contribution in [0.3, 0.4) is 0 Å². The molecule has 1 aliphatic rings. The minimum Gasteiger partial charge on any atom is -0.452 e. The van der Waals surface area contributed by atoms with Gasteiger partial charge in [-0.1, -0.05) is 6.07 Å². The minimum absolute atomic E-state index is 0.122. The summed E-state index contributed by atoms with van der Waals surface area (Å²) in [5.41, 5.74) is 0.355. The number of nitrogens with one attached hydrogen (secondary N) is 1. The van der Waals surface area contributed by atoms with E-state index in [0.29, 0.717) is 37.7 Å². The van der Waals surface area contributed by atoms with Gasteiger partial charge in [0.05, 0.1) is 19.3 Å². The van der Waals surface area contributed by atoms with E-state index in [2.05, 4.69) is 10.3 Å². The van der Waals surface area contributed by atoms with Gasteiger partial charge in [-0.3, -0.25) is 4.79 Å². The first-order valence-corrected chi connectivity index (χ1v) is 9.30. The molecule has 1 atom stereocenters. The molecule has 3 rings (SSSR count). The van der Waals surface area contributed by atoms with Crippen LogP contribution in [0.15, 0.2) is 35.8 Å². The van der Waals surface area contributed by atoms with Crippen molar-refractivity contribution < 1.29 is 19.1 Å². The lowest BCUT2D eigenvalue weighted by Crippen LogP contribution is -2.38. The van der Waals surface area contributed by atoms with Crippen LogP contribution in [0, 0.1) is 0 Å². The number of carbonyl (C=O) groups excluding carboxylic acids is 2. The third kappa shape index (κ3) is 4.59. The Morgan fingerprint density at radius 2 is 2.15 bits per heavy atom. The number of morpholine rings is 1. The zero-order chi connectivity index (χ0) is 18.4. The molecule has 2 aromatic heterocycles. The van der Waals surface area contributed by atoms with Crippen molar-refractivity contribution in [2.75, 3.05) is 37.8 Å². The molecule has 1 fully saturated rings. The standard InChI is InChI=1S/C18H21N3O4S/c1-13(15-5-3-11-26-15)20-16(22)12-25-18(23)14-4-2-6-19-17(14)21-7-9-24-10-8-21/h2-6,11,13H,7-10,12H2,1H3,(H,20,22). The summed E-state index contributed by atoms with van der Waals surface area (Å²) >= 11 is 1.57. The van der Waals surface area contributed by atoms with Crippen LogP contribution in [-0.2, 0) is 14.3 Å². The van der Waals surface area contributed by atoms with Crippen LogP contribution in [-0.4, -0.2) is 49.8 Å². The molecule has 0 radical (unpaired) electrons. The summed E-state index contributed by atoms with van der Waals surface area (Å²) in [5.74, 6) is -0.331. The van der Waals surface area contributed by atoms with Crippen LogP contribution in [0.5, 0.6) is 0 Å². The summed E-state index contributed by atoms with van der Waals surface area (Å²) in [5, 5.41) is 4.77. The Morgan fingerprint density at radius 3 is 2.88 bits per heavy atom. The summed E-state index contributed by atoms with van der Waals surface area (Å²) < 4.78 is 10.5. The second-order valence-electron chi connectivity index (χ2n) is 5.85. The van der Waals surface area contributed by atoms with E-state index >= 15 is 0 Å². The number of hydrogen-bond donors (Lipinski definition) is 1. The lowest BCUT2D eigenvalue weighted by atomic mass is 10.2. The van der Waals surface area contributed by atoms with Crippen molar-refractivity contribution in [1.29, 1.82) is 0 Å². The number of nitrogens with zero attached hydrogens (tertiary/aromatic N) is 2. The Labute approximate surface area is 155 Å². The van der Waals surface area contributed by atoms with Gasteiger partial charge in [0.15, 0.2) is 6.61 Å². The van der Waals surface area contributed by atoms with Gasteiger partial charge in [0.2, 0.25) is 0 Å². The minimum atomic E-state index is -0.557. The van der Waals surface area contributed by atoms with Crippen LogP contribution >= 0.6 is 11.3 Å². The van der Waals surface area contributed by atoms with Crippen molar-refractivity contribution in [3.8, 4) is 0 Å². The molecule has 138 valence electrons. The van der Waals surface area contributed by atoms with E-state index in [-0.39, 0.29) is 18.6 Å². The first kappa shape index (κ1) is 18.3. The third-order valence-corrected chi connectivity index (χ3v) is 5.05. The van der Waals surface area contributed by atoms with Crippen molar-refractivity contribution in [2.24, 2.45) is 0 Å². The van der Waals surface area contributed by atoms with E-state index in [1.165, 1.54) is 0 Å². The number of amides is 1. The average Bonchev–Trinajstić information content (AvgIpc) is 3.22. The molecule has 1 saturated heterocycles. The normalized spacial score (nSPS) is 15.3. The molecule has 0 bridgehead atoms. The summed E-state index contributed by atoms with van der Waals surface area (Å²) in [6, 6.07) is 7.10. The fourth-order valence-corrected chi connectivity index (χ4v) is 3.42. The molecule has 1 N–H and O–H groups in total. The van der Waals surface area contributed by atoms with Gasteiger partial charge < -0.3 is 19.7 Å². The zero-order valence-electron chi connectivity index (χ0n) is 14.5. The molecule has 7 nitrogen and oxygen atoms in total. The van der Waals surface area contributed by atoms with Crippen LogP contribution in [0.4, 0.5) is 5.82 Å². The Morgan fingerprint density at radius 1 is 1.35 bits per heavy atom. The SMILES string of the molecule is CC(NC(=O)COC(=O)c1cccnc1N1CCOCC1)c1cccs1. The average molecular weight is 375 g/mol. The van der Waals surface area contributed by atoms with E-state index in [9.17, 15) is 9.59 Å². The van der Waals surface area contributed by atoms with E-state index in [1.807, 2.05) is 29.3 Å². The van der Waals surface area contributed by atoms with Crippen molar-refractivity contribution in [2.45, 2.75) is 13.0 Å². The highest BCUT2D eigenvalue weighted by molar-refractivity contribution is 7.10. The smallest absolute Gasteiger partial charge is 0.342 e. The second kappa shape index (κ2) is 8.77. The van der Waals surface area contributed by atoms with Crippen molar-refractivity contribution >= 4 is 29.0 Å². The summed E-state index contributed by atoms with van der Waals surface area (Å²) in [6.07, 6.45) is 1.64. The molecule has 0 spiro atoms. The topological polar surface area (TPSA) is 80.8 Å². The first-order chi connectivity index (χ1) is 12.6. The summed E-state index contributed by atoms with van der Waals surface area (Å²) in [6.45, 7) is 4.07. The quantitative estimate of drug-likeness (QED) is 0.778. The first-order valence-electron chi connectivity index (χ1n) is 8.43. The Balaban J connectivity index is 1.57. The van der Waals surface area contributed by atoms with Crippen LogP contribution in [0.1, 0.15) is 28.2 Å². The number of aromatic nitrogens is 1. The maximum Gasteiger partial charge on any atom is 0.342 e. The highest BCUT2D eigenvalue weighted by Crippen LogP contribution is 2.20. The molecule has 1 aliphatic heterocycles. The Bertz CT molecular complexity index is 745. The van der Waals surface area contributed by atoms with Crippen molar-refractivity contribution in [1.82, 2.24) is 10.3 Å². The number of thiophene rings is 1. The maximum absolute atomic E-state index is 12.4. The van der Waals surface area contributed by atoms with Gasteiger partial charge in [-0.25, -0.2) is 9.78 Å². The second-order valence-corrected chi connectivity index (χ2v) is 6.83. The summed E-state index contributed by atoms with van der Waals surface area (Å²) in [7, 11) is 0. The fourth-order valence-electron chi connectivity index (χ4n) is 2.68. The molecule has 8 heteroatoms. The maximum atomic E-state index is 12.4. The van der Waals surface area contributed by atoms with E-state index < -0.39 is 5.97 Å². The van der Waals surface area contributed by atoms with Gasteiger partial charge in [-0.2, -0.15) is 0 Å². The number of carbonyl (C=O) groups is 2. The van der Waals surface area contributed by atoms with Gasteiger partial charge in [0.25, 0.3) is 5.91 Å². The molecule has 0 aromatic carbocycles. The number of rotatable bonds is 6. The van der Waals surface area contributed by atoms with Crippen LogP contribution < -0.4 is 10.2 Å². The van der Waals surface area contributed by atoms with Crippen LogP contribution in [0.25, 0.3) is 0 Å². The monoisotopic (exact) mass is 375 g/mol. The van der Waals surface area contributed by atoms with E-state index in [4.69, 9.17) is 9.47 Å².